The molecule has 0 aliphatic carbocycles. The number of carbonyl (C=O) groups excluding carboxylic acids is 1. The number of aromatic nitrogens is 1. The molecular formula is C22H17BrF3N3O2. The van der Waals surface area contributed by atoms with Gasteiger partial charge in [-0.3, -0.25) is 9.88 Å². The van der Waals surface area contributed by atoms with E-state index in [1.807, 2.05) is 18.2 Å². The zero-order valence-electron chi connectivity index (χ0n) is 16.3. The maximum Gasteiger partial charge on any atom is 0.420 e. The summed E-state index contributed by atoms with van der Waals surface area (Å²) in [7, 11) is 1.20. The van der Waals surface area contributed by atoms with Crippen molar-refractivity contribution < 1.29 is 22.7 Å². The number of urea groups is 1. The number of carbonyl (C=O) groups is 1. The van der Waals surface area contributed by atoms with Crippen LogP contribution >= 0.6 is 15.9 Å². The summed E-state index contributed by atoms with van der Waals surface area (Å²) in [5, 5.41) is 2.84. The summed E-state index contributed by atoms with van der Waals surface area (Å²) in [5.41, 5.74) is 2.01. The van der Waals surface area contributed by atoms with Gasteiger partial charge in [0, 0.05) is 40.2 Å². The molecule has 1 aromatic heterocycles. The highest BCUT2D eigenvalue weighted by Gasteiger charge is 2.37. The van der Waals surface area contributed by atoms with Crippen LogP contribution in [0.25, 0.3) is 11.1 Å². The van der Waals surface area contributed by atoms with Crippen LogP contribution in [-0.4, -0.2) is 24.7 Å². The number of fused-ring (bicyclic) bond motifs is 1. The van der Waals surface area contributed by atoms with Crippen molar-refractivity contribution >= 4 is 33.3 Å². The fraction of sp³-hybridized carbons (Fsp3) is 0.182. The molecule has 0 saturated carbocycles. The number of anilines is 2. The van der Waals surface area contributed by atoms with Crippen LogP contribution in [0.5, 0.6) is 5.75 Å². The lowest BCUT2D eigenvalue weighted by Crippen LogP contribution is -2.33. The first-order chi connectivity index (χ1) is 14.8. The maximum absolute atomic E-state index is 13.5. The summed E-state index contributed by atoms with van der Waals surface area (Å²) >= 11 is 3.40. The summed E-state index contributed by atoms with van der Waals surface area (Å²) in [5.74, 6) is -0.251. The number of alkyl halides is 3. The minimum absolute atomic E-state index is 0.226. The Balaban J connectivity index is 1.68. The van der Waals surface area contributed by atoms with Crippen molar-refractivity contribution in [3.63, 3.8) is 0 Å². The second-order valence-electron chi connectivity index (χ2n) is 6.94. The number of halogens is 4. The first kappa shape index (κ1) is 21.2. The van der Waals surface area contributed by atoms with Crippen LogP contribution in [-0.2, 0) is 12.6 Å². The van der Waals surface area contributed by atoms with Gasteiger partial charge in [-0.05, 0) is 42.3 Å². The Kier molecular flexibility index (Phi) is 5.62. The molecule has 5 nitrogen and oxygen atoms in total. The van der Waals surface area contributed by atoms with Gasteiger partial charge >= 0.3 is 12.2 Å². The van der Waals surface area contributed by atoms with E-state index in [0.717, 1.165) is 21.7 Å². The third-order valence-corrected chi connectivity index (χ3v) is 5.54. The summed E-state index contributed by atoms with van der Waals surface area (Å²) < 4.78 is 46.0. The summed E-state index contributed by atoms with van der Waals surface area (Å²) in [4.78, 5) is 18.5. The van der Waals surface area contributed by atoms with Gasteiger partial charge in [0.25, 0.3) is 0 Å². The average molecular weight is 492 g/mol. The van der Waals surface area contributed by atoms with Gasteiger partial charge < -0.3 is 10.1 Å². The van der Waals surface area contributed by atoms with Crippen molar-refractivity contribution in [2.75, 3.05) is 23.9 Å². The fourth-order valence-corrected chi connectivity index (χ4v) is 3.95. The molecule has 1 aliphatic rings. The number of pyridine rings is 1. The van der Waals surface area contributed by atoms with E-state index >= 15 is 0 Å². The number of rotatable bonds is 3. The predicted molar refractivity (Wildman–Crippen MR) is 115 cm³/mol. The number of hydrogen-bond acceptors (Lipinski definition) is 3. The topological polar surface area (TPSA) is 54.5 Å². The second kappa shape index (κ2) is 8.22. The zero-order valence-corrected chi connectivity index (χ0v) is 17.9. The molecule has 9 heteroatoms. The minimum atomic E-state index is -4.59. The Morgan fingerprint density at radius 3 is 2.71 bits per heavy atom. The van der Waals surface area contributed by atoms with E-state index in [1.54, 1.807) is 24.5 Å². The van der Waals surface area contributed by atoms with E-state index in [2.05, 4.69) is 26.2 Å². The quantitative estimate of drug-likeness (QED) is 0.479. The third kappa shape index (κ3) is 4.23. The highest BCUT2D eigenvalue weighted by atomic mass is 79.9. The number of ether oxygens (including phenoxy) is 1. The van der Waals surface area contributed by atoms with E-state index in [0.29, 0.717) is 17.7 Å². The molecule has 2 heterocycles. The van der Waals surface area contributed by atoms with Crippen LogP contribution < -0.4 is 15.0 Å². The first-order valence-corrected chi connectivity index (χ1v) is 10.1. The first-order valence-electron chi connectivity index (χ1n) is 9.34. The normalized spacial score (nSPS) is 13.1. The molecule has 3 aromatic rings. The van der Waals surface area contributed by atoms with Crippen LogP contribution in [0.4, 0.5) is 29.3 Å². The lowest BCUT2D eigenvalue weighted by Gasteiger charge is -2.21. The Morgan fingerprint density at radius 2 is 2.03 bits per heavy atom. The lowest BCUT2D eigenvalue weighted by molar-refractivity contribution is -0.138. The van der Waals surface area contributed by atoms with Crippen molar-refractivity contribution in [1.82, 2.24) is 4.98 Å². The van der Waals surface area contributed by atoms with Crippen LogP contribution in [0, 0.1) is 0 Å². The van der Waals surface area contributed by atoms with Crippen LogP contribution in [0.2, 0.25) is 0 Å². The van der Waals surface area contributed by atoms with Gasteiger partial charge in [0.2, 0.25) is 0 Å². The smallest absolute Gasteiger partial charge is 0.420 e. The van der Waals surface area contributed by atoms with Crippen molar-refractivity contribution in [2.45, 2.75) is 12.6 Å². The largest absolute Gasteiger partial charge is 0.496 e. The van der Waals surface area contributed by atoms with E-state index in [1.165, 1.54) is 18.1 Å². The van der Waals surface area contributed by atoms with E-state index in [4.69, 9.17) is 4.74 Å². The number of benzene rings is 2. The second-order valence-corrected chi connectivity index (χ2v) is 7.86. The fourth-order valence-electron chi connectivity index (χ4n) is 3.59. The van der Waals surface area contributed by atoms with Crippen LogP contribution in [0.3, 0.4) is 0 Å². The maximum atomic E-state index is 13.5. The highest BCUT2D eigenvalue weighted by molar-refractivity contribution is 9.10. The van der Waals surface area contributed by atoms with Crippen LogP contribution in [0.15, 0.2) is 59.3 Å². The summed E-state index contributed by atoms with van der Waals surface area (Å²) in [6.45, 7) is 0.266. The number of nitrogens with one attached hydrogen (secondary N) is 1. The lowest BCUT2D eigenvalue weighted by atomic mass is 10.1. The zero-order chi connectivity index (χ0) is 22.2. The molecule has 0 atom stereocenters. The van der Waals surface area contributed by atoms with Crippen molar-refractivity contribution in [1.29, 1.82) is 0 Å². The molecule has 4 rings (SSSR count). The predicted octanol–water partition coefficient (Wildman–Crippen LogP) is 6.13. The molecule has 0 fully saturated rings. The average Bonchev–Trinajstić information content (AvgIpc) is 3.16. The Hall–Kier alpha value is -3.07. The molecule has 2 amide bonds. The number of hydrogen-bond donors (Lipinski definition) is 1. The molecule has 2 aromatic carbocycles. The number of methoxy groups -OCH3 is 1. The molecule has 0 spiro atoms. The summed E-state index contributed by atoms with van der Waals surface area (Å²) in [6.07, 6.45) is -0.839. The molecular weight excluding hydrogens is 475 g/mol. The SMILES string of the molecule is COc1cc2c(cc1C(F)(F)F)N(C(=O)Nc1cc(Br)ccc1-c1cccnc1)CC2. The van der Waals surface area contributed by atoms with Gasteiger partial charge in [0.05, 0.1) is 18.4 Å². The van der Waals surface area contributed by atoms with Crippen LogP contribution in [0.1, 0.15) is 11.1 Å². The summed E-state index contributed by atoms with van der Waals surface area (Å²) in [6, 6.07) is 10.9. The Morgan fingerprint density at radius 1 is 1.23 bits per heavy atom. The van der Waals surface area contributed by atoms with E-state index < -0.39 is 17.8 Å². The third-order valence-electron chi connectivity index (χ3n) is 5.04. The Bertz CT molecular complexity index is 1140. The van der Waals surface area contributed by atoms with Gasteiger partial charge in [-0.15, -0.1) is 0 Å². The molecule has 1 aliphatic heterocycles. The standard InChI is InChI=1S/C22H17BrF3N3O2/c1-31-20-9-13-6-8-29(19(13)11-17(20)22(24,25)26)21(30)28-18-10-15(23)4-5-16(18)14-3-2-7-27-12-14/h2-5,7,9-12H,6,8H2,1H3,(H,28,30). The van der Waals surface area contributed by atoms with Gasteiger partial charge in [-0.1, -0.05) is 28.1 Å². The van der Waals surface area contributed by atoms with Crippen molar-refractivity contribution in [3.8, 4) is 16.9 Å². The van der Waals surface area contributed by atoms with Crippen molar-refractivity contribution in [3.05, 3.63) is 70.5 Å². The minimum Gasteiger partial charge on any atom is -0.496 e. The van der Waals surface area contributed by atoms with Gasteiger partial charge in [-0.2, -0.15) is 13.2 Å². The van der Waals surface area contributed by atoms with Crippen molar-refractivity contribution in [2.24, 2.45) is 0 Å². The molecule has 0 saturated heterocycles. The molecule has 160 valence electrons. The Labute approximate surface area is 185 Å². The number of amides is 2. The van der Waals surface area contributed by atoms with Gasteiger partial charge in [0.15, 0.2) is 0 Å². The molecule has 0 radical (unpaired) electrons. The number of nitrogens with zero attached hydrogens (tertiary/aromatic N) is 2. The molecule has 0 unspecified atom stereocenters. The van der Waals surface area contributed by atoms with E-state index in [9.17, 15) is 18.0 Å². The van der Waals surface area contributed by atoms with E-state index in [-0.39, 0.29) is 18.0 Å². The van der Waals surface area contributed by atoms with Gasteiger partial charge in [-0.25, -0.2) is 4.79 Å². The molecule has 1 N–H and O–H groups in total. The molecule has 31 heavy (non-hydrogen) atoms. The monoisotopic (exact) mass is 491 g/mol. The highest BCUT2D eigenvalue weighted by Crippen LogP contribution is 2.42. The molecule has 0 bridgehead atoms. The van der Waals surface area contributed by atoms with Gasteiger partial charge in [0.1, 0.15) is 5.75 Å².